The van der Waals surface area contributed by atoms with Gasteiger partial charge in [-0.1, -0.05) is 35.0 Å². The Bertz CT molecular complexity index is 759. The molecule has 0 saturated heterocycles. The summed E-state index contributed by atoms with van der Waals surface area (Å²) in [6, 6.07) is 10.4. The molecule has 112 valence electrons. The first kappa shape index (κ1) is 16.6. The normalized spacial score (nSPS) is 10.1. The molecule has 1 N–H and O–H groups in total. The van der Waals surface area contributed by atoms with Crippen molar-refractivity contribution in [2.75, 3.05) is 11.1 Å². The van der Waals surface area contributed by atoms with E-state index in [0.717, 1.165) is 5.69 Å². The van der Waals surface area contributed by atoms with Crippen molar-refractivity contribution in [1.82, 2.24) is 4.98 Å². The molecule has 0 aliphatic heterocycles. The van der Waals surface area contributed by atoms with Crippen LogP contribution in [0.25, 0.3) is 0 Å². The predicted octanol–water partition coefficient (Wildman–Crippen LogP) is 4.30. The van der Waals surface area contributed by atoms with Gasteiger partial charge in [0, 0.05) is 11.4 Å². The molecule has 0 bridgehead atoms. The Hall–Kier alpha value is -1.74. The molecule has 2 rings (SSSR count). The number of amides is 1. The van der Waals surface area contributed by atoms with Gasteiger partial charge in [0.05, 0.1) is 21.4 Å². The van der Waals surface area contributed by atoms with Crippen molar-refractivity contribution in [2.45, 2.75) is 11.9 Å². The molecular weight excluding hydrogens is 341 g/mol. The first-order valence-electron chi connectivity index (χ1n) is 6.25. The fourth-order valence-corrected chi connectivity index (χ4v) is 2.75. The molecule has 0 saturated carbocycles. The Balaban J connectivity index is 2.00. The summed E-state index contributed by atoms with van der Waals surface area (Å²) in [5, 5.41) is 13.1. The molecular formula is C15H11Cl2N3OS. The molecule has 0 unspecified atom stereocenters. The number of halogens is 2. The van der Waals surface area contributed by atoms with E-state index < -0.39 is 0 Å². The number of thioether (sulfide) groups is 1. The quantitative estimate of drug-likeness (QED) is 0.834. The zero-order valence-corrected chi connectivity index (χ0v) is 13.9. The first-order chi connectivity index (χ1) is 10.5. The Morgan fingerprint density at radius 3 is 2.77 bits per heavy atom. The lowest BCUT2D eigenvalue weighted by Gasteiger charge is -2.07. The van der Waals surface area contributed by atoms with Crippen LogP contribution >= 0.6 is 35.0 Å². The number of hydrogen-bond acceptors (Lipinski definition) is 4. The second-order valence-corrected chi connectivity index (χ2v) is 6.16. The highest BCUT2D eigenvalue weighted by atomic mass is 35.5. The summed E-state index contributed by atoms with van der Waals surface area (Å²) in [7, 11) is 0. The number of pyridine rings is 1. The van der Waals surface area contributed by atoms with Crippen LogP contribution in [0, 0.1) is 18.3 Å². The highest BCUT2D eigenvalue weighted by Gasteiger charge is 2.09. The van der Waals surface area contributed by atoms with Gasteiger partial charge in [0.15, 0.2) is 0 Å². The van der Waals surface area contributed by atoms with Crippen molar-refractivity contribution in [1.29, 1.82) is 5.26 Å². The minimum absolute atomic E-state index is 0.144. The van der Waals surface area contributed by atoms with Gasteiger partial charge in [-0.05, 0) is 37.3 Å². The molecule has 1 amide bonds. The number of nitriles is 1. The molecule has 0 aliphatic carbocycles. The lowest BCUT2D eigenvalue weighted by Crippen LogP contribution is -2.14. The molecule has 2 aromatic rings. The number of nitrogens with one attached hydrogen (secondary N) is 1. The van der Waals surface area contributed by atoms with E-state index in [-0.39, 0.29) is 11.7 Å². The van der Waals surface area contributed by atoms with Crippen molar-refractivity contribution in [2.24, 2.45) is 0 Å². The molecule has 0 aliphatic rings. The van der Waals surface area contributed by atoms with E-state index in [0.29, 0.717) is 26.3 Å². The van der Waals surface area contributed by atoms with E-state index in [9.17, 15) is 4.79 Å². The topological polar surface area (TPSA) is 65.8 Å². The van der Waals surface area contributed by atoms with Gasteiger partial charge < -0.3 is 5.32 Å². The van der Waals surface area contributed by atoms with Crippen LogP contribution in [0.2, 0.25) is 10.0 Å². The number of carbonyl (C=O) groups is 1. The average Bonchev–Trinajstić information content (AvgIpc) is 2.49. The maximum absolute atomic E-state index is 11.9. The van der Waals surface area contributed by atoms with Gasteiger partial charge in [-0.25, -0.2) is 4.98 Å². The fraction of sp³-hybridized carbons (Fsp3) is 0.133. The maximum atomic E-state index is 11.9. The standard InChI is InChI=1S/C15H11Cl2N3OS/c1-9-2-3-10(7-18)15(19-9)22-8-14(21)20-11-4-5-12(16)13(17)6-11/h2-6H,8H2,1H3,(H,20,21). The SMILES string of the molecule is Cc1ccc(C#N)c(SCC(=O)Nc2ccc(Cl)c(Cl)c2)n1. The highest BCUT2D eigenvalue weighted by molar-refractivity contribution is 8.00. The van der Waals surface area contributed by atoms with Gasteiger partial charge in [-0.15, -0.1) is 0 Å². The molecule has 4 nitrogen and oxygen atoms in total. The van der Waals surface area contributed by atoms with Crippen LogP contribution in [-0.2, 0) is 4.79 Å². The number of carbonyl (C=O) groups excluding carboxylic acids is 1. The summed E-state index contributed by atoms with van der Waals surface area (Å²) >= 11 is 12.9. The zero-order valence-electron chi connectivity index (χ0n) is 11.6. The molecule has 1 aromatic carbocycles. The summed E-state index contributed by atoms with van der Waals surface area (Å²) in [5.74, 6) is -0.0682. The van der Waals surface area contributed by atoms with Crippen LogP contribution in [0.3, 0.4) is 0 Å². The number of anilines is 1. The minimum Gasteiger partial charge on any atom is -0.325 e. The Morgan fingerprint density at radius 1 is 1.32 bits per heavy atom. The van der Waals surface area contributed by atoms with E-state index >= 15 is 0 Å². The third-order valence-electron chi connectivity index (χ3n) is 2.66. The van der Waals surface area contributed by atoms with E-state index in [1.807, 2.05) is 6.92 Å². The maximum Gasteiger partial charge on any atom is 0.234 e. The smallest absolute Gasteiger partial charge is 0.234 e. The van der Waals surface area contributed by atoms with Crippen molar-refractivity contribution in [3.8, 4) is 6.07 Å². The summed E-state index contributed by atoms with van der Waals surface area (Å²) in [5.41, 5.74) is 1.82. The number of nitrogens with zero attached hydrogens (tertiary/aromatic N) is 2. The number of rotatable bonds is 4. The van der Waals surface area contributed by atoms with Crippen molar-refractivity contribution in [3.05, 3.63) is 51.6 Å². The summed E-state index contributed by atoms with van der Waals surface area (Å²) in [4.78, 5) is 16.2. The van der Waals surface area contributed by atoms with Crippen LogP contribution in [-0.4, -0.2) is 16.6 Å². The molecule has 0 radical (unpaired) electrons. The molecule has 0 fully saturated rings. The van der Waals surface area contributed by atoms with Crippen LogP contribution in [0.15, 0.2) is 35.4 Å². The van der Waals surface area contributed by atoms with Gasteiger partial charge in [0.2, 0.25) is 5.91 Å². The summed E-state index contributed by atoms with van der Waals surface area (Å²) < 4.78 is 0. The lowest BCUT2D eigenvalue weighted by atomic mass is 10.3. The Morgan fingerprint density at radius 2 is 2.09 bits per heavy atom. The van der Waals surface area contributed by atoms with Crippen molar-refractivity contribution in [3.63, 3.8) is 0 Å². The van der Waals surface area contributed by atoms with E-state index in [1.165, 1.54) is 11.8 Å². The number of hydrogen-bond donors (Lipinski definition) is 1. The monoisotopic (exact) mass is 351 g/mol. The third-order valence-corrected chi connectivity index (χ3v) is 4.39. The second kappa shape index (κ2) is 7.50. The van der Waals surface area contributed by atoms with Crippen molar-refractivity contribution < 1.29 is 4.79 Å². The first-order valence-corrected chi connectivity index (χ1v) is 7.99. The van der Waals surface area contributed by atoms with E-state index in [1.54, 1.807) is 30.3 Å². The fourth-order valence-electron chi connectivity index (χ4n) is 1.63. The van der Waals surface area contributed by atoms with Gasteiger partial charge >= 0.3 is 0 Å². The highest BCUT2D eigenvalue weighted by Crippen LogP contribution is 2.25. The van der Waals surface area contributed by atoms with Gasteiger partial charge in [-0.2, -0.15) is 5.26 Å². The largest absolute Gasteiger partial charge is 0.325 e. The van der Waals surface area contributed by atoms with E-state index in [2.05, 4.69) is 16.4 Å². The number of aryl methyl sites for hydroxylation is 1. The molecule has 0 spiro atoms. The van der Waals surface area contributed by atoms with Crippen LogP contribution in [0.1, 0.15) is 11.3 Å². The molecule has 7 heteroatoms. The van der Waals surface area contributed by atoms with Crippen LogP contribution < -0.4 is 5.32 Å². The van der Waals surface area contributed by atoms with Crippen LogP contribution in [0.5, 0.6) is 0 Å². The Kier molecular flexibility index (Phi) is 5.67. The molecule has 0 atom stereocenters. The zero-order chi connectivity index (χ0) is 16.1. The summed E-state index contributed by atoms with van der Waals surface area (Å²) in [6.07, 6.45) is 0. The minimum atomic E-state index is -0.212. The van der Waals surface area contributed by atoms with Gasteiger partial charge in [0.1, 0.15) is 11.1 Å². The van der Waals surface area contributed by atoms with Crippen LogP contribution in [0.4, 0.5) is 5.69 Å². The Labute approximate surface area is 142 Å². The number of aromatic nitrogens is 1. The van der Waals surface area contributed by atoms with Gasteiger partial charge in [-0.3, -0.25) is 4.79 Å². The van der Waals surface area contributed by atoms with Crippen molar-refractivity contribution >= 4 is 46.6 Å². The average molecular weight is 352 g/mol. The number of benzene rings is 1. The summed E-state index contributed by atoms with van der Waals surface area (Å²) in [6.45, 7) is 1.83. The second-order valence-electron chi connectivity index (χ2n) is 4.38. The van der Waals surface area contributed by atoms with E-state index in [4.69, 9.17) is 28.5 Å². The molecule has 22 heavy (non-hydrogen) atoms. The lowest BCUT2D eigenvalue weighted by molar-refractivity contribution is -0.113. The molecule has 1 aromatic heterocycles. The van der Waals surface area contributed by atoms with Gasteiger partial charge in [0.25, 0.3) is 0 Å². The third kappa shape index (κ3) is 4.38. The predicted molar refractivity (Wildman–Crippen MR) is 89.5 cm³/mol. The molecule has 1 heterocycles.